The van der Waals surface area contributed by atoms with Crippen molar-refractivity contribution in [3.8, 4) is 5.75 Å². The summed E-state index contributed by atoms with van der Waals surface area (Å²) in [4.78, 5) is 31.1. The van der Waals surface area contributed by atoms with Crippen LogP contribution in [0, 0.1) is 9.54 Å². The van der Waals surface area contributed by atoms with Crippen molar-refractivity contribution in [2.45, 2.75) is 5.92 Å². The lowest BCUT2D eigenvalue weighted by Crippen LogP contribution is -2.30. The van der Waals surface area contributed by atoms with E-state index in [1.165, 1.54) is 16.2 Å². The van der Waals surface area contributed by atoms with Crippen molar-refractivity contribution >= 4 is 36.1 Å². The van der Waals surface area contributed by atoms with Crippen LogP contribution < -0.4 is 27.3 Å². The number of rotatable bonds is 4. The SMILES string of the molecule is COc1ccccc1C(c1c(N)n(C)c(=S)[nH]c1=O)c1c(N)n(C)c(=S)[nH]c1=O. The van der Waals surface area contributed by atoms with E-state index >= 15 is 0 Å². The zero-order valence-electron chi connectivity index (χ0n) is 16.0. The van der Waals surface area contributed by atoms with Gasteiger partial charge >= 0.3 is 0 Å². The normalized spacial score (nSPS) is 11.0. The van der Waals surface area contributed by atoms with E-state index in [2.05, 4.69) is 9.97 Å². The zero-order valence-corrected chi connectivity index (χ0v) is 17.6. The Bertz CT molecular complexity index is 1260. The van der Waals surface area contributed by atoms with Gasteiger partial charge in [0, 0.05) is 19.7 Å². The van der Waals surface area contributed by atoms with Gasteiger partial charge in [-0.25, -0.2) is 0 Å². The molecule has 6 N–H and O–H groups in total. The molecule has 0 bridgehead atoms. The van der Waals surface area contributed by atoms with E-state index in [1.54, 1.807) is 38.4 Å². The molecule has 1 aromatic carbocycles. The fourth-order valence-electron chi connectivity index (χ4n) is 3.23. The molecule has 11 heteroatoms. The van der Waals surface area contributed by atoms with Crippen molar-refractivity contribution < 1.29 is 4.74 Å². The lowest BCUT2D eigenvalue weighted by molar-refractivity contribution is 0.409. The maximum absolute atomic E-state index is 12.9. The van der Waals surface area contributed by atoms with Gasteiger partial charge in [-0.1, -0.05) is 18.2 Å². The molecule has 2 heterocycles. The minimum atomic E-state index is -0.928. The van der Waals surface area contributed by atoms with Crippen LogP contribution in [0.5, 0.6) is 5.75 Å². The van der Waals surface area contributed by atoms with Crippen LogP contribution in [0.2, 0.25) is 0 Å². The second kappa shape index (κ2) is 7.68. The smallest absolute Gasteiger partial charge is 0.257 e. The number of nitrogen functional groups attached to an aromatic ring is 2. The highest BCUT2D eigenvalue weighted by Crippen LogP contribution is 2.38. The van der Waals surface area contributed by atoms with E-state index in [0.29, 0.717) is 11.3 Å². The summed E-state index contributed by atoms with van der Waals surface area (Å²) in [5.41, 5.74) is 12.3. The highest BCUT2D eigenvalue weighted by atomic mass is 32.1. The molecule has 0 radical (unpaired) electrons. The fraction of sp³-hybridized carbons (Fsp3) is 0.222. The molecule has 0 saturated heterocycles. The first-order chi connectivity index (χ1) is 13.7. The number of nitrogens with two attached hydrogens (primary N) is 2. The number of benzene rings is 1. The van der Waals surface area contributed by atoms with Crippen LogP contribution >= 0.6 is 24.4 Å². The second-order valence-electron chi connectivity index (χ2n) is 6.41. The largest absolute Gasteiger partial charge is 0.496 e. The minimum absolute atomic E-state index is 0.110. The van der Waals surface area contributed by atoms with E-state index < -0.39 is 17.0 Å². The van der Waals surface area contributed by atoms with Crippen molar-refractivity contribution in [2.75, 3.05) is 18.6 Å². The summed E-state index contributed by atoms with van der Waals surface area (Å²) in [6.45, 7) is 0. The number of ether oxygens (including phenoxy) is 1. The molecule has 0 aliphatic carbocycles. The van der Waals surface area contributed by atoms with E-state index in [4.69, 9.17) is 40.6 Å². The molecule has 0 fully saturated rings. The van der Waals surface area contributed by atoms with Crippen LogP contribution in [0.25, 0.3) is 0 Å². The quantitative estimate of drug-likeness (QED) is 0.459. The number of aromatic nitrogens is 4. The van der Waals surface area contributed by atoms with Crippen molar-refractivity contribution in [1.29, 1.82) is 0 Å². The maximum Gasteiger partial charge on any atom is 0.257 e. The van der Waals surface area contributed by atoms with E-state index in [-0.39, 0.29) is 32.3 Å². The van der Waals surface area contributed by atoms with Gasteiger partial charge in [0.2, 0.25) is 0 Å². The second-order valence-corrected chi connectivity index (χ2v) is 7.18. The zero-order chi connectivity index (χ0) is 21.5. The van der Waals surface area contributed by atoms with Crippen LogP contribution in [0.3, 0.4) is 0 Å². The molecular weight excluding hydrogens is 412 g/mol. The van der Waals surface area contributed by atoms with Crippen LogP contribution in [0.4, 0.5) is 11.6 Å². The fourth-order valence-corrected chi connectivity index (χ4v) is 3.61. The summed E-state index contributed by atoms with van der Waals surface area (Å²) in [5.74, 6) is -0.246. The van der Waals surface area contributed by atoms with E-state index in [9.17, 15) is 9.59 Å². The van der Waals surface area contributed by atoms with Crippen molar-refractivity contribution in [2.24, 2.45) is 14.1 Å². The van der Waals surface area contributed by atoms with Gasteiger partial charge < -0.3 is 25.3 Å². The van der Waals surface area contributed by atoms with Gasteiger partial charge in [-0.05, 0) is 30.5 Å². The Labute approximate surface area is 175 Å². The molecule has 9 nitrogen and oxygen atoms in total. The number of H-pyrrole nitrogens is 2. The average molecular weight is 433 g/mol. The minimum Gasteiger partial charge on any atom is -0.496 e. The first-order valence-corrected chi connectivity index (χ1v) is 9.30. The molecule has 3 rings (SSSR count). The van der Waals surface area contributed by atoms with E-state index in [0.717, 1.165) is 0 Å². The Kier molecular flexibility index (Phi) is 5.44. The molecule has 2 aromatic heterocycles. The van der Waals surface area contributed by atoms with Gasteiger partial charge in [-0.2, -0.15) is 0 Å². The van der Waals surface area contributed by atoms with Gasteiger partial charge in [-0.3, -0.25) is 19.6 Å². The number of methoxy groups -OCH3 is 1. The summed E-state index contributed by atoms with van der Waals surface area (Å²) in [7, 11) is 4.74. The third kappa shape index (κ3) is 3.38. The predicted octanol–water partition coefficient (Wildman–Crippen LogP) is 1.55. The number of nitrogens with one attached hydrogen (secondary N) is 2. The summed E-state index contributed by atoms with van der Waals surface area (Å²) in [6, 6.07) is 7.01. The predicted molar refractivity (Wildman–Crippen MR) is 116 cm³/mol. The van der Waals surface area contributed by atoms with Gasteiger partial charge in [0.1, 0.15) is 17.4 Å². The van der Waals surface area contributed by atoms with Crippen LogP contribution in [0.1, 0.15) is 22.6 Å². The average Bonchev–Trinajstić information content (AvgIpc) is 2.69. The summed E-state index contributed by atoms with van der Waals surface area (Å²) in [5, 5.41) is 0. The number of hydrogen-bond acceptors (Lipinski definition) is 7. The molecule has 0 aliphatic rings. The van der Waals surface area contributed by atoms with Gasteiger partial charge in [-0.15, -0.1) is 0 Å². The number of hydrogen-bond donors (Lipinski definition) is 4. The Hall–Kier alpha value is -3.18. The third-order valence-electron chi connectivity index (χ3n) is 4.84. The molecule has 3 aromatic rings. The highest BCUT2D eigenvalue weighted by molar-refractivity contribution is 7.71. The molecule has 0 spiro atoms. The summed E-state index contributed by atoms with van der Waals surface area (Å²) in [6.07, 6.45) is 0. The van der Waals surface area contributed by atoms with Gasteiger partial charge in [0.25, 0.3) is 11.1 Å². The van der Waals surface area contributed by atoms with Gasteiger partial charge in [0.05, 0.1) is 24.2 Å². The molecule has 0 amide bonds. The monoisotopic (exact) mass is 432 g/mol. The first kappa shape index (κ1) is 20.6. The molecule has 0 saturated carbocycles. The third-order valence-corrected chi connectivity index (χ3v) is 5.59. The highest BCUT2D eigenvalue weighted by Gasteiger charge is 2.31. The van der Waals surface area contributed by atoms with Crippen molar-refractivity contribution in [3.63, 3.8) is 0 Å². The summed E-state index contributed by atoms with van der Waals surface area (Å²) >= 11 is 10.3. The topological polar surface area (TPSA) is 137 Å². The van der Waals surface area contributed by atoms with Crippen LogP contribution in [-0.4, -0.2) is 26.2 Å². The van der Waals surface area contributed by atoms with Crippen LogP contribution in [-0.2, 0) is 14.1 Å². The molecule has 0 atom stereocenters. The maximum atomic E-state index is 12.9. The Morgan fingerprint density at radius 2 is 1.38 bits per heavy atom. The van der Waals surface area contributed by atoms with Gasteiger partial charge in [0.15, 0.2) is 9.54 Å². The Morgan fingerprint density at radius 1 is 0.931 bits per heavy atom. The van der Waals surface area contributed by atoms with E-state index in [1.807, 2.05) is 0 Å². The molecule has 0 aliphatic heterocycles. The van der Waals surface area contributed by atoms with Crippen molar-refractivity contribution in [1.82, 2.24) is 19.1 Å². The summed E-state index contributed by atoms with van der Waals surface area (Å²) < 4.78 is 8.70. The number of para-hydroxylation sites is 1. The molecule has 29 heavy (non-hydrogen) atoms. The lowest BCUT2D eigenvalue weighted by atomic mass is 9.85. The first-order valence-electron chi connectivity index (χ1n) is 8.49. The standard InChI is InChI=1S/C18H20N6O3S2/c1-23-13(19)11(15(25)21-17(23)28)10(8-6-4-5-7-9(8)27-3)12-14(20)24(2)18(29)22-16(12)26/h4-7,10H,19-20H2,1-3H3,(H,21,25,28)(H,22,26,29). The molecular formula is C18H20N6O3S2. The number of aromatic amines is 2. The van der Waals surface area contributed by atoms with Crippen molar-refractivity contribution in [3.05, 3.63) is 71.2 Å². The van der Waals surface area contributed by atoms with Crippen LogP contribution in [0.15, 0.2) is 33.9 Å². The Morgan fingerprint density at radius 3 is 1.83 bits per heavy atom. The number of anilines is 2. The Balaban J connectivity index is 2.54. The molecule has 0 unspecified atom stereocenters. The molecule has 152 valence electrons. The number of nitrogens with zero attached hydrogens (tertiary/aromatic N) is 2. The lowest BCUT2D eigenvalue weighted by Gasteiger charge is -2.23.